The van der Waals surface area contributed by atoms with Gasteiger partial charge in [0.1, 0.15) is 11.6 Å². The number of hydrogen-bond acceptors (Lipinski definition) is 4. The molecule has 3 aromatic rings. The van der Waals surface area contributed by atoms with Gasteiger partial charge in [-0.1, -0.05) is 36.4 Å². The van der Waals surface area contributed by atoms with Gasteiger partial charge in [0.05, 0.1) is 12.0 Å². The maximum absolute atomic E-state index is 15.1. The summed E-state index contributed by atoms with van der Waals surface area (Å²) in [4.78, 5) is 13.1. The first-order valence-electron chi connectivity index (χ1n) is 13.4. The number of nitrogens with two attached hydrogens (primary N) is 1. The molecule has 0 aliphatic heterocycles. The molecule has 1 amide bonds. The average molecular weight is 689 g/mol. The van der Waals surface area contributed by atoms with Crippen LogP contribution >= 0.6 is 0 Å². The van der Waals surface area contributed by atoms with Gasteiger partial charge >= 0.3 is 24.9 Å². The van der Waals surface area contributed by atoms with E-state index in [1.54, 1.807) is 0 Å². The maximum atomic E-state index is 15.1. The minimum Gasteiger partial charge on any atom is -0.487 e. The van der Waals surface area contributed by atoms with Crippen LogP contribution in [-0.2, 0) is 16.6 Å². The Balaban J connectivity index is 2.21. The van der Waals surface area contributed by atoms with E-state index < -0.39 is 94.5 Å². The molecule has 2 atom stereocenters. The molecular formula is C30H23F12NO4. The van der Waals surface area contributed by atoms with Crippen LogP contribution in [0.1, 0.15) is 29.5 Å². The molecule has 0 radical (unpaired) electrons. The summed E-state index contributed by atoms with van der Waals surface area (Å²) < 4.78 is 180. The van der Waals surface area contributed by atoms with Gasteiger partial charge in [-0.15, -0.1) is 0 Å². The molecule has 0 aromatic heterocycles. The first-order chi connectivity index (χ1) is 21.6. The number of amides is 1. The monoisotopic (exact) mass is 689 g/mol. The van der Waals surface area contributed by atoms with E-state index in [1.165, 1.54) is 18.2 Å². The molecule has 1 saturated carbocycles. The molecule has 1 fully saturated rings. The smallest absolute Gasteiger partial charge is 0.461 e. The van der Waals surface area contributed by atoms with E-state index in [9.17, 15) is 58.2 Å². The lowest BCUT2D eigenvalue weighted by atomic mass is 9.57. The number of rotatable bonds is 12. The second-order valence-electron chi connectivity index (χ2n) is 10.8. The van der Waals surface area contributed by atoms with Crippen LogP contribution in [0.5, 0.6) is 11.5 Å². The fourth-order valence-electron chi connectivity index (χ4n) is 5.33. The van der Waals surface area contributed by atoms with Crippen molar-refractivity contribution in [1.82, 2.24) is 0 Å². The topological polar surface area (TPSA) is 81.8 Å². The van der Waals surface area contributed by atoms with E-state index in [0.717, 1.165) is 12.1 Å². The molecule has 0 bridgehead atoms. The molecule has 1 unspecified atom stereocenters. The zero-order valence-corrected chi connectivity index (χ0v) is 23.5. The number of hydrogen-bond donors (Lipinski definition) is 2. The lowest BCUT2D eigenvalue weighted by molar-refractivity contribution is -0.384. The van der Waals surface area contributed by atoms with Gasteiger partial charge in [-0.2, -0.15) is 43.9 Å². The zero-order valence-electron chi connectivity index (χ0n) is 23.5. The van der Waals surface area contributed by atoms with E-state index >= 15 is 4.39 Å². The van der Waals surface area contributed by atoms with E-state index in [2.05, 4.69) is 4.74 Å². The lowest BCUT2D eigenvalue weighted by Crippen LogP contribution is -2.70. The highest BCUT2D eigenvalue weighted by molar-refractivity contribution is 5.82. The van der Waals surface area contributed by atoms with Gasteiger partial charge in [0.25, 0.3) is 5.60 Å². The van der Waals surface area contributed by atoms with Gasteiger partial charge in [-0.05, 0) is 60.2 Å². The van der Waals surface area contributed by atoms with Crippen molar-refractivity contribution >= 4 is 5.91 Å². The molecule has 5 nitrogen and oxygen atoms in total. The molecule has 1 aliphatic carbocycles. The van der Waals surface area contributed by atoms with Crippen LogP contribution in [0.2, 0.25) is 0 Å². The molecule has 3 aromatic carbocycles. The summed E-state index contributed by atoms with van der Waals surface area (Å²) in [5, 5.41) is 10.7. The molecule has 4 rings (SSSR count). The standard InChI is InChI=1S/C30H23F12NO4/c31-18-10-17(11-20(13-18)47-28(35,36)25(33)34)26(14-15-4-2-1-3-5-15,16-6-9-21(32)22(12-16)46-19-7-8-19)23(24(43)44)27(45,29(37,38)39)30(40,41)42/h1-6,9-13,19,23,25,45H,7-8,14H2,(H2,43,44)/t23?,26-/m1/s1. The van der Waals surface area contributed by atoms with Gasteiger partial charge in [0.2, 0.25) is 5.91 Å². The summed E-state index contributed by atoms with van der Waals surface area (Å²) in [5.74, 6) is -11.6. The predicted octanol–water partition coefficient (Wildman–Crippen LogP) is 7.23. The van der Waals surface area contributed by atoms with Gasteiger partial charge in [-0.3, -0.25) is 4.79 Å². The number of carbonyl (C=O) groups is 1. The van der Waals surface area contributed by atoms with Crippen LogP contribution in [0.4, 0.5) is 52.7 Å². The number of carbonyl (C=O) groups excluding carboxylic acids is 1. The van der Waals surface area contributed by atoms with Crippen LogP contribution in [0.25, 0.3) is 0 Å². The van der Waals surface area contributed by atoms with E-state index in [4.69, 9.17) is 10.5 Å². The Bertz CT molecular complexity index is 1580. The minimum absolute atomic E-state index is 0.0678. The molecule has 47 heavy (non-hydrogen) atoms. The van der Waals surface area contributed by atoms with Gasteiger partial charge in [0, 0.05) is 11.5 Å². The van der Waals surface area contributed by atoms with Crippen molar-refractivity contribution in [3.8, 4) is 11.5 Å². The first-order valence-corrected chi connectivity index (χ1v) is 13.4. The van der Waals surface area contributed by atoms with Gasteiger partial charge in [0.15, 0.2) is 11.6 Å². The zero-order chi connectivity index (χ0) is 35.2. The average Bonchev–Trinajstić information content (AvgIpc) is 3.76. The molecule has 3 N–H and O–H groups in total. The SMILES string of the molecule is NC(=O)C(C(O)(C(F)(F)F)C(F)(F)F)[C@@](Cc1ccccc1)(c1cc(F)cc(OC(F)(F)C(F)F)c1)c1ccc(F)c(OC2CC2)c1. The quantitative estimate of drug-likeness (QED) is 0.197. The Kier molecular flexibility index (Phi) is 9.47. The van der Waals surface area contributed by atoms with Crippen LogP contribution in [0.3, 0.4) is 0 Å². The second kappa shape index (κ2) is 12.5. The van der Waals surface area contributed by atoms with Crippen molar-refractivity contribution in [1.29, 1.82) is 0 Å². The van der Waals surface area contributed by atoms with Crippen LogP contribution in [0, 0.1) is 17.6 Å². The molecule has 0 heterocycles. The van der Waals surface area contributed by atoms with Crippen molar-refractivity contribution in [3.63, 3.8) is 0 Å². The predicted molar refractivity (Wildman–Crippen MR) is 139 cm³/mol. The number of primary amides is 1. The van der Waals surface area contributed by atoms with Crippen LogP contribution in [0.15, 0.2) is 66.7 Å². The summed E-state index contributed by atoms with van der Waals surface area (Å²) in [7, 11) is 0. The Morgan fingerprint density at radius 2 is 1.45 bits per heavy atom. The third-order valence-corrected chi connectivity index (χ3v) is 7.54. The summed E-state index contributed by atoms with van der Waals surface area (Å²) in [6, 6.07) is 8.37. The molecule has 0 saturated heterocycles. The van der Waals surface area contributed by atoms with Gasteiger partial charge in [-0.25, -0.2) is 8.78 Å². The van der Waals surface area contributed by atoms with Crippen LogP contribution < -0.4 is 15.2 Å². The highest BCUT2D eigenvalue weighted by Crippen LogP contribution is 2.57. The third-order valence-electron chi connectivity index (χ3n) is 7.54. The number of aliphatic hydroxyl groups is 1. The fourth-order valence-corrected chi connectivity index (χ4v) is 5.33. The van der Waals surface area contributed by atoms with E-state index in [0.29, 0.717) is 31.0 Å². The van der Waals surface area contributed by atoms with Crippen molar-refractivity contribution in [3.05, 3.63) is 95.1 Å². The van der Waals surface area contributed by atoms with Crippen LogP contribution in [-0.4, -0.2) is 47.6 Å². The lowest BCUT2D eigenvalue weighted by Gasteiger charge is -2.48. The highest BCUT2D eigenvalue weighted by Gasteiger charge is 2.78. The summed E-state index contributed by atoms with van der Waals surface area (Å²) in [6.07, 6.45) is -24.5. The minimum atomic E-state index is -6.75. The summed E-state index contributed by atoms with van der Waals surface area (Å²) in [6.45, 7) is 0. The number of benzene rings is 3. The van der Waals surface area contributed by atoms with Gasteiger partial charge < -0.3 is 20.3 Å². The van der Waals surface area contributed by atoms with Crippen molar-refractivity contribution < 1.29 is 72.1 Å². The van der Waals surface area contributed by atoms with Crippen molar-refractivity contribution in [2.75, 3.05) is 0 Å². The highest BCUT2D eigenvalue weighted by atomic mass is 19.4. The Morgan fingerprint density at radius 3 is 1.96 bits per heavy atom. The molecule has 1 aliphatic rings. The number of alkyl halides is 10. The summed E-state index contributed by atoms with van der Waals surface area (Å²) in [5.41, 5.74) is -6.46. The Labute approximate surface area is 257 Å². The molecule has 0 spiro atoms. The third kappa shape index (κ3) is 6.94. The first kappa shape index (κ1) is 35.7. The molecule has 17 heteroatoms. The van der Waals surface area contributed by atoms with Crippen molar-refractivity contribution in [2.45, 2.75) is 61.3 Å². The molecular weight excluding hydrogens is 666 g/mol. The van der Waals surface area contributed by atoms with E-state index in [-0.39, 0.29) is 23.8 Å². The Morgan fingerprint density at radius 1 is 0.851 bits per heavy atom. The number of ether oxygens (including phenoxy) is 2. The molecule has 256 valence electrons. The van der Waals surface area contributed by atoms with Crippen molar-refractivity contribution in [2.24, 2.45) is 11.7 Å². The Hall–Kier alpha value is -4.15. The summed E-state index contributed by atoms with van der Waals surface area (Å²) >= 11 is 0. The largest absolute Gasteiger partial charge is 0.487 e. The van der Waals surface area contributed by atoms with E-state index in [1.807, 2.05) is 0 Å². The maximum Gasteiger partial charge on any atom is 0.461 e. The normalized spacial score (nSPS) is 16.5. The second-order valence-corrected chi connectivity index (χ2v) is 10.8. The number of halogens is 12. The fraction of sp³-hybridized carbons (Fsp3) is 0.367.